The van der Waals surface area contributed by atoms with Gasteiger partial charge in [-0.1, -0.05) is 5.16 Å². The molecule has 3 heterocycles. The van der Waals surface area contributed by atoms with Gasteiger partial charge in [0, 0.05) is 30.3 Å². The first-order valence-electron chi connectivity index (χ1n) is 10.4. The third kappa shape index (κ3) is 5.04. The Labute approximate surface area is 177 Å². The number of likely N-dealkylation sites (tertiary alicyclic amines) is 1. The smallest absolute Gasteiger partial charge is 0.150 e. The highest BCUT2D eigenvalue weighted by Crippen LogP contribution is 2.28. The molecule has 30 heavy (non-hydrogen) atoms. The Morgan fingerprint density at radius 1 is 1.13 bits per heavy atom. The molecule has 0 spiro atoms. The molecular weight excluding hydrogens is 378 g/mol. The van der Waals surface area contributed by atoms with Gasteiger partial charge in [0.25, 0.3) is 0 Å². The van der Waals surface area contributed by atoms with Gasteiger partial charge in [0.15, 0.2) is 5.76 Å². The first kappa shape index (κ1) is 20.5. The Morgan fingerprint density at radius 3 is 2.60 bits per heavy atom. The van der Waals surface area contributed by atoms with Crippen LogP contribution in [0.3, 0.4) is 0 Å². The Balaban J connectivity index is 1.35. The summed E-state index contributed by atoms with van der Waals surface area (Å²) in [5.41, 5.74) is 3.04. The lowest BCUT2D eigenvalue weighted by atomic mass is 9.95. The summed E-state index contributed by atoms with van der Waals surface area (Å²) in [4.78, 5) is 13.9. The number of methoxy groups -OCH3 is 1. The van der Waals surface area contributed by atoms with Crippen molar-refractivity contribution >= 4 is 0 Å². The van der Waals surface area contributed by atoms with Crippen LogP contribution in [0.4, 0.5) is 0 Å². The summed E-state index contributed by atoms with van der Waals surface area (Å²) < 4.78 is 10.7. The predicted octanol–water partition coefficient (Wildman–Crippen LogP) is 3.58. The Morgan fingerprint density at radius 2 is 1.90 bits per heavy atom. The average Bonchev–Trinajstić information content (AvgIpc) is 3.20. The maximum Gasteiger partial charge on any atom is 0.150 e. The Hall–Kier alpha value is -2.77. The van der Waals surface area contributed by atoms with E-state index in [9.17, 15) is 0 Å². The van der Waals surface area contributed by atoms with Gasteiger partial charge in [-0.05, 0) is 70.4 Å². The zero-order chi connectivity index (χ0) is 20.9. The number of hydrogen-bond acceptors (Lipinski definition) is 7. The molecule has 0 aliphatic carbocycles. The minimum absolute atomic E-state index is 0.390. The zero-order valence-corrected chi connectivity index (χ0v) is 17.9. The number of nitrogens with zero attached hydrogens (tertiary/aromatic N) is 5. The highest BCUT2D eigenvalue weighted by molar-refractivity contribution is 5.59. The molecule has 4 rings (SSSR count). The van der Waals surface area contributed by atoms with Gasteiger partial charge >= 0.3 is 0 Å². The molecule has 0 N–H and O–H groups in total. The second kappa shape index (κ2) is 9.36. The largest absolute Gasteiger partial charge is 0.497 e. The van der Waals surface area contributed by atoms with Gasteiger partial charge in [0.05, 0.1) is 25.0 Å². The first-order chi connectivity index (χ1) is 14.6. The fraction of sp³-hybridized carbons (Fsp3) is 0.435. The molecule has 0 amide bonds. The summed E-state index contributed by atoms with van der Waals surface area (Å²) in [6.07, 6.45) is 3.97. The van der Waals surface area contributed by atoms with E-state index in [4.69, 9.17) is 14.2 Å². The van der Waals surface area contributed by atoms with Crippen LogP contribution in [-0.4, -0.2) is 59.2 Å². The van der Waals surface area contributed by atoms with Crippen LogP contribution in [0.2, 0.25) is 0 Å². The minimum Gasteiger partial charge on any atom is -0.497 e. The van der Waals surface area contributed by atoms with Crippen molar-refractivity contribution in [1.82, 2.24) is 24.9 Å². The minimum atomic E-state index is 0.390. The van der Waals surface area contributed by atoms with E-state index in [0.29, 0.717) is 5.92 Å². The Bertz CT molecular complexity index is 946. The van der Waals surface area contributed by atoms with Crippen molar-refractivity contribution in [2.24, 2.45) is 0 Å². The van der Waals surface area contributed by atoms with E-state index >= 15 is 0 Å². The molecule has 7 heteroatoms. The molecule has 158 valence electrons. The van der Waals surface area contributed by atoms with Crippen molar-refractivity contribution in [3.05, 3.63) is 59.9 Å². The standard InChI is InChI=1S/C23H29N5O2/c1-27(2)16-21-14-19(26-30-21)15-28-12-9-18(10-13-28)23-24-11-8-22(25-23)17-4-6-20(29-3)7-5-17/h4-8,11,14,18H,9-10,12-13,15-16H2,1-3H3. The zero-order valence-electron chi connectivity index (χ0n) is 17.9. The molecule has 2 aromatic heterocycles. The maximum atomic E-state index is 5.43. The number of benzene rings is 1. The van der Waals surface area contributed by atoms with Crippen LogP contribution in [0, 0.1) is 0 Å². The molecular formula is C23H29N5O2. The molecule has 0 bridgehead atoms. The van der Waals surface area contributed by atoms with Gasteiger partial charge < -0.3 is 14.2 Å². The van der Waals surface area contributed by atoms with E-state index in [2.05, 4.69) is 26.0 Å². The normalized spacial score (nSPS) is 15.6. The van der Waals surface area contributed by atoms with Crippen molar-refractivity contribution in [1.29, 1.82) is 0 Å². The van der Waals surface area contributed by atoms with Crippen LogP contribution in [0.25, 0.3) is 11.3 Å². The monoisotopic (exact) mass is 407 g/mol. The molecule has 1 aliphatic heterocycles. The molecule has 0 atom stereocenters. The van der Waals surface area contributed by atoms with E-state index in [1.54, 1.807) is 7.11 Å². The van der Waals surface area contributed by atoms with Crippen molar-refractivity contribution < 1.29 is 9.26 Å². The van der Waals surface area contributed by atoms with Crippen LogP contribution in [0.15, 0.2) is 47.1 Å². The second-order valence-electron chi connectivity index (χ2n) is 8.10. The highest BCUT2D eigenvalue weighted by atomic mass is 16.5. The van der Waals surface area contributed by atoms with Crippen LogP contribution in [0.1, 0.15) is 36.0 Å². The van der Waals surface area contributed by atoms with Gasteiger partial charge in [0.1, 0.15) is 11.6 Å². The summed E-state index contributed by atoms with van der Waals surface area (Å²) in [5, 5.41) is 4.22. The predicted molar refractivity (Wildman–Crippen MR) is 115 cm³/mol. The average molecular weight is 408 g/mol. The lowest BCUT2D eigenvalue weighted by molar-refractivity contribution is 0.196. The van der Waals surface area contributed by atoms with Gasteiger partial charge in [-0.3, -0.25) is 4.90 Å². The first-order valence-corrected chi connectivity index (χ1v) is 10.4. The lowest BCUT2D eigenvalue weighted by Gasteiger charge is -2.30. The van der Waals surface area contributed by atoms with E-state index in [1.807, 2.05) is 50.6 Å². The molecule has 3 aromatic rings. The highest BCUT2D eigenvalue weighted by Gasteiger charge is 2.23. The van der Waals surface area contributed by atoms with Gasteiger partial charge in [-0.25, -0.2) is 9.97 Å². The molecule has 7 nitrogen and oxygen atoms in total. The molecule has 0 radical (unpaired) electrons. The van der Waals surface area contributed by atoms with Crippen LogP contribution in [-0.2, 0) is 13.1 Å². The molecule has 1 aliphatic rings. The molecule has 1 fully saturated rings. The number of aromatic nitrogens is 3. The van der Waals surface area contributed by atoms with Crippen molar-refractivity contribution in [2.45, 2.75) is 31.8 Å². The van der Waals surface area contributed by atoms with E-state index in [0.717, 1.165) is 73.3 Å². The number of ether oxygens (including phenoxy) is 1. The van der Waals surface area contributed by atoms with Crippen molar-refractivity contribution in [2.75, 3.05) is 34.3 Å². The van der Waals surface area contributed by atoms with Gasteiger partial charge in [0.2, 0.25) is 0 Å². The quantitative estimate of drug-likeness (QED) is 0.593. The van der Waals surface area contributed by atoms with E-state index in [1.165, 1.54) is 0 Å². The summed E-state index contributed by atoms with van der Waals surface area (Å²) in [7, 11) is 5.73. The summed E-state index contributed by atoms with van der Waals surface area (Å²) in [6, 6.07) is 12.0. The van der Waals surface area contributed by atoms with Gasteiger partial charge in [-0.2, -0.15) is 0 Å². The van der Waals surface area contributed by atoms with Crippen molar-refractivity contribution in [3.8, 4) is 17.0 Å². The van der Waals surface area contributed by atoms with Crippen molar-refractivity contribution in [3.63, 3.8) is 0 Å². The number of rotatable bonds is 7. The lowest BCUT2D eigenvalue weighted by Crippen LogP contribution is -2.33. The number of hydrogen-bond donors (Lipinski definition) is 0. The SMILES string of the molecule is COc1ccc(-c2ccnc(C3CCN(Cc4cc(CN(C)C)on4)CC3)n2)cc1. The third-order valence-electron chi connectivity index (χ3n) is 5.48. The summed E-state index contributed by atoms with van der Waals surface area (Å²) >= 11 is 0. The fourth-order valence-corrected chi connectivity index (χ4v) is 3.89. The topological polar surface area (TPSA) is 67.5 Å². The molecule has 0 unspecified atom stereocenters. The molecule has 1 aromatic carbocycles. The third-order valence-corrected chi connectivity index (χ3v) is 5.48. The second-order valence-corrected chi connectivity index (χ2v) is 8.10. The van der Waals surface area contributed by atoms with E-state index in [-0.39, 0.29) is 0 Å². The summed E-state index contributed by atoms with van der Waals surface area (Å²) in [5.74, 6) is 3.09. The Kier molecular flexibility index (Phi) is 6.40. The van der Waals surface area contributed by atoms with Crippen LogP contribution < -0.4 is 4.74 Å². The summed E-state index contributed by atoms with van der Waals surface area (Å²) in [6.45, 7) is 3.63. The molecule has 0 saturated carbocycles. The van der Waals surface area contributed by atoms with Gasteiger partial charge in [-0.15, -0.1) is 0 Å². The maximum absolute atomic E-state index is 5.43. The molecule has 1 saturated heterocycles. The number of piperidine rings is 1. The van der Waals surface area contributed by atoms with Crippen LogP contribution >= 0.6 is 0 Å². The fourth-order valence-electron chi connectivity index (χ4n) is 3.89. The van der Waals surface area contributed by atoms with Crippen LogP contribution in [0.5, 0.6) is 5.75 Å². The van der Waals surface area contributed by atoms with E-state index < -0.39 is 0 Å².